The molecule has 1 aliphatic rings. The van der Waals surface area contributed by atoms with Crippen molar-refractivity contribution in [3.63, 3.8) is 0 Å². The predicted molar refractivity (Wildman–Crippen MR) is 111 cm³/mol. The van der Waals surface area contributed by atoms with Crippen molar-refractivity contribution in [3.05, 3.63) is 53.6 Å². The molecule has 3 rings (SSSR count). The molecule has 1 atom stereocenters. The minimum absolute atomic E-state index is 0.0453. The lowest BCUT2D eigenvalue weighted by Gasteiger charge is -2.14. The van der Waals surface area contributed by atoms with Crippen LogP contribution in [0.5, 0.6) is 5.75 Å². The van der Waals surface area contributed by atoms with Crippen LogP contribution >= 0.6 is 11.8 Å². The lowest BCUT2D eigenvalue weighted by molar-refractivity contribution is -0.121. The van der Waals surface area contributed by atoms with Crippen LogP contribution in [0.15, 0.2) is 42.5 Å². The van der Waals surface area contributed by atoms with Crippen LogP contribution in [0.25, 0.3) is 0 Å². The van der Waals surface area contributed by atoms with E-state index in [4.69, 9.17) is 14.9 Å². The molecule has 3 N–H and O–H groups in total. The number of nitrogens with zero attached hydrogens (tertiary/aromatic N) is 1. The van der Waals surface area contributed by atoms with Crippen molar-refractivity contribution in [2.24, 2.45) is 0 Å². The van der Waals surface area contributed by atoms with Gasteiger partial charge in [0.05, 0.1) is 23.9 Å². The Morgan fingerprint density at radius 3 is 2.13 bits per heavy atom. The van der Waals surface area contributed by atoms with Crippen LogP contribution in [-0.2, 0) is 9.59 Å². The number of ether oxygens (including phenoxy) is 1. The number of hydrogen-bond acceptors (Lipinski definition) is 7. The lowest BCUT2D eigenvalue weighted by Crippen LogP contribution is -2.32. The first-order valence-corrected chi connectivity index (χ1v) is 9.67. The predicted octanol–water partition coefficient (Wildman–Crippen LogP) is 2.69. The van der Waals surface area contributed by atoms with Gasteiger partial charge in [0, 0.05) is 12.1 Å². The quantitative estimate of drug-likeness (QED) is 0.585. The Kier molecular flexibility index (Phi) is 6.25. The second kappa shape index (κ2) is 8.88. The molecule has 10 nitrogen and oxygen atoms in total. The zero-order valence-electron chi connectivity index (χ0n) is 16.0. The third-order valence-electron chi connectivity index (χ3n) is 4.33. The number of carboxylic acids is 2. The highest BCUT2D eigenvalue weighted by Crippen LogP contribution is 2.34. The molecule has 2 aromatic carbocycles. The number of methoxy groups -OCH3 is 1. The molecule has 1 heterocycles. The highest BCUT2D eigenvalue weighted by molar-refractivity contribution is 8.15. The number of aromatic carboxylic acids is 2. The fourth-order valence-corrected chi connectivity index (χ4v) is 3.86. The summed E-state index contributed by atoms with van der Waals surface area (Å²) in [6.07, 6.45) is -0.360. The number of nitrogens with one attached hydrogen (secondary N) is 1. The second-order valence-corrected chi connectivity index (χ2v) is 7.56. The number of anilines is 2. The maximum Gasteiger partial charge on any atom is 0.335 e. The van der Waals surface area contributed by atoms with Crippen LogP contribution in [0.3, 0.4) is 0 Å². The van der Waals surface area contributed by atoms with Crippen molar-refractivity contribution in [1.82, 2.24) is 0 Å². The molecule has 1 saturated heterocycles. The van der Waals surface area contributed by atoms with Crippen molar-refractivity contribution >= 4 is 52.1 Å². The Labute approximate surface area is 179 Å². The first-order valence-electron chi connectivity index (χ1n) is 8.79. The number of rotatable bonds is 7. The first kappa shape index (κ1) is 21.8. The summed E-state index contributed by atoms with van der Waals surface area (Å²) in [5.74, 6) is -3.41. The fraction of sp³-hybridized carbons (Fsp3) is 0.150. The second-order valence-electron chi connectivity index (χ2n) is 6.41. The normalized spacial score (nSPS) is 15.6. The third-order valence-corrected chi connectivity index (χ3v) is 5.37. The van der Waals surface area contributed by atoms with E-state index in [2.05, 4.69) is 5.32 Å². The summed E-state index contributed by atoms with van der Waals surface area (Å²) < 4.78 is 5.04. The van der Waals surface area contributed by atoms with Crippen molar-refractivity contribution in [2.75, 3.05) is 17.3 Å². The minimum Gasteiger partial charge on any atom is -0.497 e. The van der Waals surface area contributed by atoms with Gasteiger partial charge in [-0.15, -0.1) is 0 Å². The number of carboxylic acid groups (broad SMARTS) is 2. The molecule has 0 bridgehead atoms. The highest BCUT2D eigenvalue weighted by Gasteiger charge is 2.41. The number of imide groups is 1. The van der Waals surface area contributed by atoms with Crippen LogP contribution in [0, 0.1) is 0 Å². The molecule has 1 unspecified atom stereocenters. The van der Waals surface area contributed by atoms with Gasteiger partial charge >= 0.3 is 11.9 Å². The molecular weight excluding hydrogens is 428 g/mol. The minimum atomic E-state index is -1.36. The maximum atomic E-state index is 12.7. The van der Waals surface area contributed by atoms with Crippen LogP contribution in [-0.4, -0.2) is 51.6 Å². The zero-order chi connectivity index (χ0) is 22.7. The van der Waals surface area contributed by atoms with Gasteiger partial charge in [0.1, 0.15) is 11.0 Å². The van der Waals surface area contributed by atoms with Crippen molar-refractivity contribution in [1.29, 1.82) is 0 Å². The number of amides is 3. The van der Waals surface area contributed by atoms with Crippen LogP contribution in [0.4, 0.5) is 16.2 Å². The largest absolute Gasteiger partial charge is 0.497 e. The van der Waals surface area contributed by atoms with E-state index in [1.54, 1.807) is 24.3 Å². The lowest BCUT2D eigenvalue weighted by atomic mass is 10.1. The van der Waals surface area contributed by atoms with Gasteiger partial charge in [-0.3, -0.25) is 14.4 Å². The molecule has 0 aromatic heterocycles. The number of carbonyl (C=O) groups is 5. The standard InChI is InChI=1S/C20H16N2O8S/c1-30-14-4-2-13(3-5-14)22-17(24)15(31-20(22)29)9-16(23)21-12-7-10(18(25)26)6-11(8-12)19(27)28/h2-8,15H,9H2,1H3,(H,21,23)(H,25,26)(H,27,28). The van der Waals surface area contributed by atoms with Crippen LogP contribution < -0.4 is 15.0 Å². The van der Waals surface area contributed by atoms with Gasteiger partial charge < -0.3 is 20.3 Å². The van der Waals surface area contributed by atoms with Gasteiger partial charge in [0.15, 0.2) is 0 Å². The fourth-order valence-electron chi connectivity index (χ4n) is 2.88. The van der Waals surface area contributed by atoms with E-state index < -0.39 is 34.2 Å². The van der Waals surface area contributed by atoms with E-state index in [0.29, 0.717) is 23.2 Å². The molecule has 2 aromatic rings. The molecule has 31 heavy (non-hydrogen) atoms. The third kappa shape index (κ3) is 4.83. The van der Waals surface area contributed by atoms with E-state index >= 15 is 0 Å². The van der Waals surface area contributed by atoms with E-state index in [9.17, 15) is 24.0 Å². The Morgan fingerprint density at radius 2 is 1.61 bits per heavy atom. The maximum absolute atomic E-state index is 12.7. The molecular formula is C20H16N2O8S. The summed E-state index contributed by atoms with van der Waals surface area (Å²) in [6, 6.07) is 9.44. The topological polar surface area (TPSA) is 150 Å². The summed E-state index contributed by atoms with van der Waals surface area (Å²) >= 11 is 0.699. The van der Waals surface area contributed by atoms with Crippen molar-refractivity contribution < 1.29 is 38.9 Å². The average Bonchev–Trinajstić information content (AvgIpc) is 3.00. The molecule has 0 aliphatic carbocycles. The molecule has 1 fully saturated rings. The van der Waals surface area contributed by atoms with Gasteiger partial charge in [-0.05, 0) is 54.2 Å². The molecule has 0 radical (unpaired) electrons. The smallest absolute Gasteiger partial charge is 0.335 e. The SMILES string of the molecule is COc1ccc(N2C(=O)SC(CC(=O)Nc3cc(C(=O)O)cc(C(=O)O)c3)C2=O)cc1. The molecule has 1 aliphatic heterocycles. The molecule has 0 spiro atoms. The van der Waals surface area contributed by atoms with Crippen molar-refractivity contribution in [2.45, 2.75) is 11.7 Å². The number of thioether (sulfide) groups is 1. The van der Waals surface area contributed by atoms with E-state index in [-0.39, 0.29) is 23.2 Å². The monoisotopic (exact) mass is 444 g/mol. The summed E-state index contributed by atoms with van der Waals surface area (Å²) in [5, 5.41) is 19.1. The van der Waals surface area contributed by atoms with E-state index in [1.165, 1.54) is 7.11 Å². The Morgan fingerprint density at radius 1 is 1.03 bits per heavy atom. The van der Waals surface area contributed by atoms with Crippen molar-refractivity contribution in [3.8, 4) is 5.75 Å². The van der Waals surface area contributed by atoms with Gasteiger partial charge in [-0.25, -0.2) is 14.5 Å². The van der Waals surface area contributed by atoms with Crippen LogP contribution in [0.2, 0.25) is 0 Å². The Hall–Kier alpha value is -3.86. The van der Waals surface area contributed by atoms with Gasteiger partial charge in [0.25, 0.3) is 5.24 Å². The molecule has 11 heteroatoms. The molecule has 0 saturated carbocycles. The number of hydrogen-bond donors (Lipinski definition) is 3. The van der Waals surface area contributed by atoms with Gasteiger partial charge in [0.2, 0.25) is 11.8 Å². The summed E-state index contributed by atoms with van der Waals surface area (Å²) in [5.41, 5.74) is -0.340. The summed E-state index contributed by atoms with van der Waals surface area (Å²) in [4.78, 5) is 60.7. The molecule has 3 amide bonds. The summed E-state index contributed by atoms with van der Waals surface area (Å²) in [6.45, 7) is 0. The van der Waals surface area contributed by atoms with E-state index in [0.717, 1.165) is 23.1 Å². The van der Waals surface area contributed by atoms with Gasteiger partial charge in [-0.1, -0.05) is 0 Å². The Balaban J connectivity index is 1.72. The first-order chi connectivity index (χ1) is 14.7. The zero-order valence-corrected chi connectivity index (χ0v) is 16.8. The molecule has 160 valence electrons. The van der Waals surface area contributed by atoms with Crippen LogP contribution in [0.1, 0.15) is 27.1 Å². The van der Waals surface area contributed by atoms with E-state index in [1.807, 2.05) is 0 Å². The average molecular weight is 444 g/mol. The van der Waals surface area contributed by atoms with Gasteiger partial charge in [-0.2, -0.15) is 0 Å². The summed E-state index contributed by atoms with van der Waals surface area (Å²) in [7, 11) is 1.48. The Bertz CT molecular complexity index is 1050. The number of benzene rings is 2. The highest BCUT2D eigenvalue weighted by atomic mass is 32.2. The number of carbonyl (C=O) groups excluding carboxylic acids is 3.